The van der Waals surface area contributed by atoms with E-state index in [1.807, 2.05) is 62.4 Å². The highest BCUT2D eigenvalue weighted by atomic mass is 16.4. The maximum absolute atomic E-state index is 10.8. The highest BCUT2D eigenvalue weighted by molar-refractivity contribution is 5.98. The van der Waals surface area contributed by atoms with Gasteiger partial charge < -0.3 is 5.21 Å². The Morgan fingerprint density at radius 3 is 1.43 bits per heavy atom. The second kappa shape index (κ2) is 11.2. The van der Waals surface area contributed by atoms with Crippen molar-refractivity contribution in [3.8, 4) is 0 Å². The molecule has 3 heteroatoms. The highest BCUT2D eigenvalue weighted by Gasteiger charge is 1.95. The Morgan fingerprint density at radius 2 is 1.13 bits per heavy atom. The summed E-state index contributed by atoms with van der Waals surface area (Å²) < 4.78 is 0. The molecule has 0 saturated carbocycles. The van der Waals surface area contributed by atoms with Crippen molar-refractivity contribution in [2.24, 2.45) is 5.16 Å². The number of ketones is 1. The van der Waals surface area contributed by atoms with E-state index in [0.29, 0.717) is 5.71 Å². The van der Waals surface area contributed by atoms with Gasteiger partial charge in [0.05, 0.1) is 5.71 Å². The lowest BCUT2D eigenvalue weighted by atomic mass is 10.1. The molecule has 2 aromatic carbocycles. The SMILES string of the molecule is C.C.C/C(=N\O)c1ccc(C)cc1.CC(=O)c1ccc(C)cc1. The molecule has 0 aliphatic rings. The van der Waals surface area contributed by atoms with Crippen LogP contribution in [0.1, 0.15) is 55.7 Å². The molecule has 0 amide bonds. The van der Waals surface area contributed by atoms with Crippen molar-refractivity contribution in [2.75, 3.05) is 0 Å². The van der Waals surface area contributed by atoms with Gasteiger partial charge in [-0.15, -0.1) is 0 Å². The van der Waals surface area contributed by atoms with Gasteiger partial charge in [-0.05, 0) is 33.3 Å². The molecule has 0 heterocycles. The largest absolute Gasteiger partial charge is 0.411 e. The van der Waals surface area contributed by atoms with Crippen molar-refractivity contribution in [1.82, 2.24) is 0 Å². The predicted octanol–water partition coefficient (Wildman–Crippen LogP) is 5.66. The van der Waals surface area contributed by atoms with Crippen molar-refractivity contribution >= 4 is 11.5 Å². The summed E-state index contributed by atoms with van der Waals surface area (Å²) >= 11 is 0. The van der Waals surface area contributed by atoms with E-state index in [1.54, 1.807) is 13.8 Å². The Balaban J connectivity index is 0. The summed E-state index contributed by atoms with van der Waals surface area (Å²) in [4.78, 5) is 10.8. The van der Waals surface area contributed by atoms with Crippen LogP contribution < -0.4 is 0 Å². The van der Waals surface area contributed by atoms with Crippen molar-refractivity contribution in [3.63, 3.8) is 0 Å². The van der Waals surface area contributed by atoms with Crippen LogP contribution in [0, 0.1) is 13.8 Å². The predicted molar refractivity (Wildman–Crippen MR) is 99.8 cm³/mol. The van der Waals surface area contributed by atoms with Crippen LogP contribution in [0.4, 0.5) is 0 Å². The van der Waals surface area contributed by atoms with E-state index in [2.05, 4.69) is 5.16 Å². The first-order valence-corrected chi connectivity index (χ1v) is 6.77. The maximum atomic E-state index is 10.8. The van der Waals surface area contributed by atoms with Crippen LogP contribution in [-0.4, -0.2) is 16.7 Å². The molecule has 0 saturated heterocycles. The Bertz CT molecular complexity index is 611. The normalized spacial score (nSPS) is 9.65. The summed E-state index contributed by atoms with van der Waals surface area (Å²) in [6, 6.07) is 15.4. The average Bonchev–Trinajstić information content (AvgIpc) is 2.48. The molecule has 2 rings (SSSR count). The molecule has 2 aromatic rings. The summed E-state index contributed by atoms with van der Waals surface area (Å²) in [7, 11) is 0. The number of oxime groups is 1. The summed E-state index contributed by atoms with van der Waals surface area (Å²) in [5.41, 5.74) is 4.78. The molecule has 0 radical (unpaired) electrons. The smallest absolute Gasteiger partial charge is 0.159 e. The number of rotatable bonds is 2. The summed E-state index contributed by atoms with van der Waals surface area (Å²) in [6.45, 7) is 7.37. The van der Waals surface area contributed by atoms with Crippen LogP contribution >= 0.6 is 0 Å². The van der Waals surface area contributed by atoms with Gasteiger partial charge in [0.2, 0.25) is 0 Å². The lowest BCUT2D eigenvalue weighted by Crippen LogP contribution is -1.93. The first-order valence-electron chi connectivity index (χ1n) is 6.77. The minimum atomic E-state index is 0. The van der Waals surface area contributed by atoms with Crippen LogP contribution in [-0.2, 0) is 0 Å². The summed E-state index contributed by atoms with van der Waals surface area (Å²) in [5.74, 6) is 0.125. The molecule has 0 aliphatic heterocycles. The van der Waals surface area contributed by atoms with Gasteiger partial charge in [0.1, 0.15) is 0 Å². The molecule has 0 unspecified atom stereocenters. The standard InChI is InChI=1S/C9H11NO.C9H10O.2CH4/c1-7-3-5-9(6-4-7)8(2)10-11;1-7-3-5-9(6-4-7)8(2)10;;/h3-6,11H,1-2H3;3-6H,1-2H3;2*1H4/b10-8+;;;. The maximum Gasteiger partial charge on any atom is 0.159 e. The number of nitrogens with zero attached hydrogens (tertiary/aromatic N) is 1. The van der Waals surface area contributed by atoms with Gasteiger partial charge in [-0.3, -0.25) is 4.79 Å². The van der Waals surface area contributed by atoms with Crippen LogP contribution in [0.25, 0.3) is 0 Å². The minimum absolute atomic E-state index is 0. The monoisotopic (exact) mass is 315 g/mol. The molecule has 0 atom stereocenters. The van der Waals surface area contributed by atoms with E-state index in [9.17, 15) is 4.79 Å². The van der Waals surface area contributed by atoms with Crippen molar-refractivity contribution in [1.29, 1.82) is 0 Å². The molecular formula is C20H29NO2. The topological polar surface area (TPSA) is 49.7 Å². The zero-order valence-corrected chi connectivity index (χ0v) is 12.9. The minimum Gasteiger partial charge on any atom is -0.411 e. The first kappa shape index (κ1) is 22.9. The summed E-state index contributed by atoms with van der Waals surface area (Å²) in [5, 5.41) is 11.6. The van der Waals surface area contributed by atoms with E-state index in [4.69, 9.17) is 5.21 Å². The average molecular weight is 315 g/mol. The Kier molecular flexibility index (Phi) is 11.1. The summed E-state index contributed by atoms with van der Waals surface area (Å²) in [6.07, 6.45) is 0. The number of hydrogen-bond acceptors (Lipinski definition) is 3. The van der Waals surface area contributed by atoms with Gasteiger partial charge in [-0.25, -0.2) is 0 Å². The molecule has 23 heavy (non-hydrogen) atoms. The van der Waals surface area contributed by atoms with Gasteiger partial charge in [0, 0.05) is 5.56 Å². The highest BCUT2D eigenvalue weighted by Crippen LogP contribution is 2.04. The van der Waals surface area contributed by atoms with E-state index in [0.717, 1.165) is 11.1 Å². The van der Waals surface area contributed by atoms with Gasteiger partial charge in [-0.1, -0.05) is 79.7 Å². The number of hydrogen-bond donors (Lipinski definition) is 1. The second-order valence-corrected chi connectivity index (χ2v) is 4.97. The third-order valence-corrected chi connectivity index (χ3v) is 3.08. The number of Topliss-reactive ketones (excluding diaryl/α,β-unsaturated/α-hetero) is 1. The van der Waals surface area contributed by atoms with Gasteiger partial charge in [0.25, 0.3) is 0 Å². The van der Waals surface area contributed by atoms with Crippen LogP contribution in [0.5, 0.6) is 0 Å². The van der Waals surface area contributed by atoms with E-state index in [1.165, 1.54) is 11.1 Å². The van der Waals surface area contributed by atoms with Crippen molar-refractivity contribution in [2.45, 2.75) is 42.5 Å². The Labute approximate surface area is 140 Å². The van der Waals surface area contributed by atoms with E-state index in [-0.39, 0.29) is 20.6 Å². The van der Waals surface area contributed by atoms with Crippen molar-refractivity contribution < 1.29 is 10.0 Å². The molecule has 0 bridgehead atoms. The molecule has 0 spiro atoms. The van der Waals surface area contributed by atoms with Crippen LogP contribution in [0.2, 0.25) is 0 Å². The number of carbonyl (C=O) groups is 1. The molecular weight excluding hydrogens is 286 g/mol. The lowest BCUT2D eigenvalue weighted by Gasteiger charge is -1.97. The lowest BCUT2D eigenvalue weighted by molar-refractivity contribution is 0.101. The Hall–Kier alpha value is -2.42. The van der Waals surface area contributed by atoms with E-state index < -0.39 is 0 Å². The molecule has 0 aliphatic carbocycles. The molecule has 1 N–H and O–H groups in total. The molecule has 0 aromatic heterocycles. The number of aryl methyl sites for hydroxylation is 2. The van der Waals surface area contributed by atoms with Gasteiger partial charge >= 0.3 is 0 Å². The fourth-order valence-corrected chi connectivity index (χ4v) is 1.64. The molecule has 126 valence electrons. The Morgan fingerprint density at radius 1 is 0.783 bits per heavy atom. The van der Waals surface area contributed by atoms with Gasteiger partial charge in [0.15, 0.2) is 5.78 Å². The fourth-order valence-electron chi connectivity index (χ4n) is 1.64. The fraction of sp³-hybridized carbons (Fsp3) is 0.300. The second-order valence-electron chi connectivity index (χ2n) is 4.97. The zero-order valence-electron chi connectivity index (χ0n) is 12.9. The van der Waals surface area contributed by atoms with Crippen molar-refractivity contribution in [3.05, 3.63) is 70.8 Å². The van der Waals surface area contributed by atoms with Gasteiger partial charge in [-0.2, -0.15) is 0 Å². The zero-order chi connectivity index (χ0) is 15.8. The van der Waals surface area contributed by atoms with Crippen LogP contribution in [0.15, 0.2) is 53.7 Å². The van der Waals surface area contributed by atoms with Crippen LogP contribution in [0.3, 0.4) is 0 Å². The third-order valence-electron chi connectivity index (χ3n) is 3.08. The molecule has 3 nitrogen and oxygen atoms in total. The first-order chi connectivity index (χ1) is 9.93. The molecule has 0 fully saturated rings. The number of benzene rings is 2. The van der Waals surface area contributed by atoms with E-state index >= 15 is 0 Å². The quantitative estimate of drug-likeness (QED) is 0.336. The third kappa shape index (κ3) is 7.96. The number of carbonyl (C=O) groups excluding carboxylic acids is 1.